The molecule has 0 unspecified atom stereocenters. The lowest BCUT2D eigenvalue weighted by atomic mass is 9.96. The molecule has 1 fully saturated rings. The summed E-state index contributed by atoms with van der Waals surface area (Å²) >= 11 is 0. The van der Waals surface area contributed by atoms with Crippen molar-refractivity contribution < 1.29 is 24.2 Å². The Kier molecular flexibility index (Phi) is 10.0. The van der Waals surface area contributed by atoms with Gasteiger partial charge in [-0.05, 0) is 45.7 Å². The lowest BCUT2D eigenvalue weighted by molar-refractivity contribution is 0.0368. The third kappa shape index (κ3) is 7.50. The highest BCUT2D eigenvalue weighted by Gasteiger charge is 2.35. The van der Waals surface area contributed by atoms with E-state index in [9.17, 15) is 19.5 Å². The molecule has 206 valence electrons. The normalized spacial score (nSPS) is 21.3. The van der Waals surface area contributed by atoms with E-state index in [0.717, 1.165) is 25.7 Å². The summed E-state index contributed by atoms with van der Waals surface area (Å²) in [4.78, 5) is 42.3. The smallest absolute Gasteiger partial charge is 0.319 e. The Morgan fingerprint density at radius 1 is 1.19 bits per heavy atom. The van der Waals surface area contributed by atoms with Gasteiger partial charge >= 0.3 is 12.1 Å². The highest BCUT2D eigenvalue weighted by Crippen LogP contribution is 2.35. The van der Waals surface area contributed by atoms with Crippen molar-refractivity contribution in [2.45, 2.75) is 84.0 Å². The van der Waals surface area contributed by atoms with Crippen LogP contribution < -0.4 is 20.7 Å². The van der Waals surface area contributed by atoms with Gasteiger partial charge in [0.25, 0.3) is 5.91 Å². The number of benzene rings is 1. The summed E-state index contributed by atoms with van der Waals surface area (Å²) in [5.74, 6) is -0.175. The fraction of sp³-hybridized carbons (Fsp3) is 0.667. The summed E-state index contributed by atoms with van der Waals surface area (Å²) in [5.41, 5.74) is 0.669. The molecule has 10 nitrogen and oxygen atoms in total. The third-order valence-corrected chi connectivity index (χ3v) is 7.09. The predicted molar refractivity (Wildman–Crippen MR) is 143 cm³/mol. The number of nitrogens with zero attached hydrogens (tertiary/aromatic N) is 2. The number of carbonyl (C=O) groups is 3. The van der Waals surface area contributed by atoms with Gasteiger partial charge in [-0.1, -0.05) is 32.3 Å². The van der Waals surface area contributed by atoms with Gasteiger partial charge in [-0.2, -0.15) is 0 Å². The minimum atomic E-state index is -0.460. The quantitative estimate of drug-likeness (QED) is 0.441. The van der Waals surface area contributed by atoms with Crippen LogP contribution in [0.3, 0.4) is 0 Å². The molecule has 37 heavy (non-hydrogen) atoms. The van der Waals surface area contributed by atoms with E-state index in [4.69, 9.17) is 4.74 Å². The number of amides is 5. The van der Waals surface area contributed by atoms with Gasteiger partial charge in [0.1, 0.15) is 6.10 Å². The Morgan fingerprint density at radius 2 is 1.89 bits per heavy atom. The van der Waals surface area contributed by atoms with Gasteiger partial charge in [0.15, 0.2) is 5.75 Å². The fourth-order valence-corrected chi connectivity index (χ4v) is 4.86. The third-order valence-electron chi connectivity index (χ3n) is 7.09. The van der Waals surface area contributed by atoms with E-state index in [-0.39, 0.29) is 42.3 Å². The molecule has 4 N–H and O–H groups in total. The van der Waals surface area contributed by atoms with Crippen LogP contribution in [0.5, 0.6) is 5.75 Å². The van der Waals surface area contributed by atoms with E-state index in [2.05, 4.69) is 16.0 Å². The van der Waals surface area contributed by atoms with Crippen LogP contribution in [0.25, 0.3) is 0 Å². The maximum absolute atomic E-state index is 13.5. The van der Waals surface area contributed by atoms with E-state index >= 15 is 0 Å². The second-order valence-electron chi connectivity index (χ2n) is 10.7. The van der Waals surface area contributed by atoms with Gasteiger partial charge in [0.2, 0.25) is 0 Å². The van der Waals surface area contributed by atoms with Crippen LogP contribution in [0, 0.1) is 5.92 Å². The number of aliphatic hydroxyl groups excluding tert-OH is 1. The number of urea groups is 2. The Balaban J connectivity index is 1.89. The first kappa shape index (κ1) is 28.6. The Morgan fingerprint density at radius 3 is 2.54 bits per heavy atom. The second kappa shape index (κ2) is 13.0. The van der Waals surface area contributed by atoms with Gasteiger partial charge in [-0.15, -0.1) is 0 Å². The first-order valence-corrected chi connectivity index (χ1v) is 13.4. The molecule has 3 atom stereocenters. The van der Waals surface area contributed by atoms with Crippen LogP contribution in [0.2, 0.25) is 0 Å². The highest BCUT2D eigenvalue weighted by molar-refractivity contribution is 6.01. The maximum atomic E-state index is 13.5. The van der Waals surface area contributed by atoms with Crippen molar-refractivity contribution in [1.29, 1.82) is 0 Å². The fourth-order valence-electron chi connectivity index (χ4n) is 4.86. The molecule has 0 bridgehead atoms. The van der Waals surface area contributed by atoms with E-state index in [1.54, 1.807) is 42.0 Å². The van der Waals surface area contributed by atoms with Crippen LogP contribution in [-0.4, -0.2) is 83.8 Å². The molecule has 3 rings (SSSR count). The molecule has 1 aliphatic carbocycles. The molecule has 1 aliphatic heterocycles. The van der Waals surface area contributed by atoms with Gasteiger partial charge in [0.05, 0.1) is 30.4 Å². The average molecular weight is 518 g/mol. The molecule has 10 heteroatoms. The van der Waals surface area contributed by atoms with E-state index in [1.165, 1.54) is 6.42 Å². The Hall–Kier alpha value is -3.01. The van der Waals surface area contributed by atoms with Gasteiger partial charge < -0.3 is 35.6 Å². The molecule has 1 heterocycles. The lowest BCUT2D eigenvalue weighted by Crippen LogP contribution is -2.52. The Labute approximate surface area is 220 Å². The number of likely N-dealkylation sites (N-methyl/N-ethyl adjacent to an activating group) is 1. The van der Waals surface area contributed by atoms with E-state index in [0.29, 0.717) is 24.3 Å². The zero-order chi connectivity index (χ0) is 27.1. The second-order valence-corrected chi connectivity index (χ2v) is 10.7. The van der Waals surface area contributed by atoms with Crippen molar-refractivity contribution in [3.05, 3.63) is 23.8 Å². The molecule has 0 radical (unpaired) electrons. The van der Waals surface area contributed by atoms with Crippen molar-refractivity contribution in [3.8, 4) is 5.75 Å². The van der Waals surface area contributed by atoms with Crippen molar-refractivity contribution in [3.63, 3.8) is 0 Å². The SMILES string of the molecule is CC(C)NC(=O)Nc1cccc2c1O[C@H](CN(C)C(=O)NC1CCCCC1)[C@@H](C)CN([C@@H](C)CO)C2=O. The summed E-state index contributed by atoms with van der Waals surface area (Å²) in [5, 5.41) is 18.6. The molecular formula is C27H43N5O5. The van der Waals surface area contributed by atoms with E-state index in [1.807, 2.05) is 20.8 Å². The molecule has 0 aromatic heterocycles. The average Bonchev–Trinajstić information content (AvgIpc) is 2.86. The molecule has 5 amide bonds. The van der Waals surface area contributed by atoms with Gasteiger partial charge in [0, 0.05) is 31.6 Å². The summed E-state index contributed by atoms with van der Waals surface area (Å²) in [6, 6.07) is 4.19. The molecular weight excluding hydrogens is 474 g/mol. The number of ether oxygens (including phenoxy) is 1. The first-order valence-electron chi connectivity index (χ1n) is 13.4. The predicted octanol–water partition coefficient (Wildman–Crippen LogP) is 3.41. The van der Waals surface area contributed by atoms with Gasteiger partial charge in [-0.3, -0.25) is 4.79 Å². The van der Waals surface area contributed by atoms with Crippen LogP contribution in [0.4, 0.5) is 15.3 Å². The summed E-state index contributed by atoms with van der Waals surface area (Å²) in [7, 11) is 1.74. The highest BCUT2D eigenvalue weighted by atomic mass is 16.5. The number of fused-ring (bicyclic) bond motifs is 1. The monoisotopic (exact) mass is 517 g/mol. The van der Waals surface area contributed by atoms with Crippen LogP contribution in [-0.2, 0) is 0 Å². The van der Waals surface area contributed by atoms with E-state index < -0.39 is 18.2 Å². The topological polar surface area (TPSA) is 123 Å². The van der Waals surface area contributed by atoms with Crippen molar-refractivity contribution in [2.75, 3.05) is 32.1 Å². The minimum absolute atomic E-state index is 0.0712. The lowest BCUT2D eigenvalue weighted by Gasteiger charge is -2.38. The number of anilines is 1. The molecule has 2 aliphatic rings. The number of para-hydroxylation sites is 1. The zero-order valence-corrected chi connectivity index (χ0v) is 22.8. The number of hydrogen-bond donors (Lipinski definition) is 4. The maximum Gasteiger partial charge on any atom is 0.319 e. The molecule has 0 spiro atoms. The molecule has 1 saturated carbocycles. The van der Waals surface area contributed by atoms with Crippen LogP contribution in [0.15, 0.2) is 18.2 Å². The summed E-state index contributed by atoms with van der Waals surface area (Å²) in [6.45, 7) is 7.94. The number of carbonyl (C=O) groups excluding carboxylic acids is 3. The minimum Gasteiger partial charge on any atom is -0.485 e. The number of aliphatic hydroxyl groups is 1. The van der Waals surface area contributed by atoms with Crippen molar-refractivity contribution in [1.82, 2.24) is 20.4 Å². The first-order chi connectivity index (χ1) is 17.6. The standard InChI is InChI=1S/C27H43N5O5/c1-17(2)28-26(35)30-22-13-9-12-21-24(22)37-23(18(3)14-32(25(21)34)19(4)16-33)15-31(5)27(36)29-20-10-7-6-8-11-20/h9,12-13,17-20,23,33H,6-8,10-11,14-16H2,1-5H3,(H,29,36)(H2,28,30,35)/t18-,19-,23+/m0/s1. The summed E-state index contributed by atoms with van der Waals surface area (Å²) in [6.07, 6.45) is 4.99. The summed E-state index contributed by atoms with van der Waals surface area (Å²) < 4.78 is 6.45. The number of rotatable bonds is 7. The largest absolute Gasteiger partial charge is 0.485 e. The van der Waals surface area contributed by atoms with Crippen LogP contribution in [0.1, 0.15) is 70.2 Å². The Bertz CT molecular complexity index is 949. The van der Waals surface area contributed by atoms with Crippen LogP contribution >= 0.6 is 0 Å². The number of nitrogens with one attached hydrogen (secondary N) is 3. The zero-order valence-electron chi connectivity index (χ0n) is 22.8. The van der Waals surface area contributed by atoms with Crippen molar-refractivity contribution >= 4 is 23.7 Å². The van der Waals surface area contributed by atoms with Gasteiger partial charge in [-0.25, -0.2) is 9.59 Å². The van der Waals surface area contributed by atoms with Crippen molar-refractivity contribution in [2.24, 2.45) is 5.92 Å². The molecule has 1 aromatic rings. The molecule has 1 aromatic carbocycles. The number of hydrogen-bond acceptors (Lipinski definition) is 5. The molecule has 0 saturated heterocycles.